The molecule has 1 aromatic heterocycles. The van der Waals surface area contributed by atoms with Crippen molar-refractivity contribution < 1.29 is 18.9 Å². The minimum absolute atomic E-state index is 0.145. The molecular formula is C78H46B3N3O4. The van der Waals surface area contributed by atoms with Crippen LogP contribution in [0.15, 0.2) is 279 Å². The number of anilines is 6. The SMILES string of the molecule is c1ccc(-c2ccc3c(c2)c2cc(-c4ccccc4)ccc2n3-c2cc3c4c(c2)N(c2ccccc2)c2cc5c6c(c2B4c2cc4c(cc2N3c2ccccc2)Oc2cccc3c2B4c2ccccc2O3)Oc2ccccc2B6c2ccccc2O5)cc1. The molecule has 0 radical (unpaired) electrons. The Morgan fingerprint density at radius 2 is 0.682 bits per heavy atom. The van der Waals surface area contributed by atoms with Crippen molar-refractivity contribution in [1.29, 1.82) is 0 Å². The van der Waals surface area contributed by atoms with Gasteiger partial charge in [0, 0.05) is 68.0 Å². The first kappa shape index (κ1) is 48.0. The van der Waals surface area contributed by atoms with Crippen molar-refractivity contribution >= 4 is 125 Å². The lowest BCUT2D eigenvalue weighted by Gasteiger charge is -2.46. The topological polar surface area (TPSA) is 48.3 Å². The second-order valence-electron chi connectivity index (χ2n) is 23.8. The van der Waals surface area contributed by atoms with Crippen LogP contribution in [-0.4, -0.2) is 24.7 Å². The van der Waals surface area contributed by atoms with Gasteiger partial charge in [0.2, 0.25) is 0 Å². The summed E-state index contributed by atoms with van der Waals surface area (Å²) in [5.74, 6) is 6.54. The highest BCUT2D eigenvalue weighted by molar-refractivity contribution is 7.04. The van der Waals surface area contributed by atoms with Gasteiger partial charge < -0.3 is 33.3 Å². The quantitative estimate of drug-likeness (QED) is 0.160. The van der Waals surface area contributed by atoms with Gasteiger partial charge in [-0.1, -0.05) is 176 Å². The number of hydrogen-bond acceptors (Lipinski definition) is 6. The summed E-state index contributed by atoms with van der Waals surface area (Å²) in [5, 5.41) is 2.34. The van der Waals surface area contributed by atoms with Crippen molar-refractivity contribution in [2.24, 2.45) is 0 Å². The van der Waals surface area contributed by atoms with Crippen LogP contribution in [0.5, 0.6) is 46.0 Å². The van der Waals surface area contributed by atoms with Crippen LogP contribution in [0.2, 0.25) is 0 Å². The second-order valence-corrected chi connectivity index (χ2v) is 23.8. The van der Waals surface area contributed by atoms with Gasteiger partial charge in [-0.2, -0.15) is 0 Å². The molecule has 13 aromatic carbocycles. The Bertz CT molecular complexity index is 5210. The van der Waals surface area contributed by atoms with Crippen LogP contribution in [0.3, 0.4) is 0 Å². The smallest absolute Gasteiger partial charge is 0.260 e. The molecule has 0 atom stereocenters. The number of fused-ring (bicyclic) bond motifs is 16. The fourth-order valence-corrected chi connectivity index (χ4v) is 15.5. The minimum atomic E-state index is -0.371. The summed E-state index contributed by atoms with van der Waals surface area (Å²) < 4.78 is 31.3. The van der Waals surface area contributed by atoms with E-state index in [1.165, 1.54) is 21.9 Å². The molecule has 0 aliphatic carbocycles. The summed E-state index contributed by atoms with van der Waals surface area (Å²) in [6.45, 7) is -0.681. The van der Waals surface area contributed by atoms with Crippen molar-refractivity contribution in [2.75, 3.05) is 9.80 Å². The molecule has 7 nitrogen and oxygen atoms in total. The summed E-state index contributed by atoms with van der Waals surface area (Å²) in [7, 11) is 0. The lowest BCUT2D eigenvalue weighted by molar-refractivity contribution is 0.464. The summed E-state index contributed by atoms with van der Waals surface area (Å²) in [5.41, 5.74) is 23.9. The van der Waals surface area contributed by atoms with Gasteiger partial charge in [0.15, 0.2) is 0 Å². The van der Waals surface area contributed by atoms with Crippen LogP contribution in [0.25, 0.3) is 49.7 Å². The molecule has 0 amide bonds. The average molecular weight is 1120 g/mol. The third-order valence-corrected chi connectivity index (χ3v) is 19.2. The Morgan fingerprint density at radius 3 is 1.25 bits per heavy atom. The molecule has 0 N–H and O–H groups in total. The van der Waals surface area contributed by atoms with E-state index in [1.807, 2.05) is 6.07 Å². The molecule has 14 aromatic rings. The zero-order chi connectivity index (χ0) is 57.3. The van der Waals surface area contributed by atoms with Gasteiger partial charge in [-0.05, 0) is 151 Å². The molecular weight excluding hydrogens is 1080 g/mol. The maximum atomic E-state index is 7.63. The molecule has 406 valence electrons. The fourth-order valence-electron chi connectivity index (χ4n) is 15.5. The molecule has 0 fully saturated rings. The molecule has 0 bridgehead atoms. The van der Waals surface area contributed by atoms with Crippen molar-refractivity contribution in [2.45, 2.75) is 0 Å². The van der Waals surface area contributed by atoms with E-state index in [4.69, 9.17) is 18.9 Å². The van der Waals surface area contributed by atoms with Crippen molar-refractivity contribution in [3.63, 3.8) is 0 Å². The van der Waals surface area contributed by atoms with Crippen molar-refractivity contribution in [3.8, 4) is 73.9 Å². The Morgan fingerprint density at radius 1 is 0.239 bits per heavy atom. The predicted octanol–water partition coefficient (Wildman–Crippen LogP) is 13.7. The van der Waals surface area contributed by atoms with Crippen molar-refractivity contribution in [1.82, 2.24) is 4.57 Å². The Balaban J connectivity index is 0.925. The lowest BCUT2D eigenvalue weighted by atomic mass is 9.29. The van der Waals surface area contributed by atoms with Crippen LogP contribution in [-0.2, 0) is 0 Å². The van der Waals surface area contributed by atoms with Crippen LogP contribution in [0, 0.1) is 0 Å². The Kier molecular flexibility index (Phi) is 9.86. The summed E-state index contributed by atoms with van der Waals surface area (Å²) in [4.78, 5) is 4.97. The molecule has 0 saturated heterocycles. The van der Waals surface area contributed by atoms with Crippen LogP contribution >= 0.6 is 0 Å². The molecule has 10 heteroatoms. The zero-order valence-corrected chi connectivity index (χ0v) is 47.3. The van der Waals surface area contributed by atoms with E-state index in [2.05, 4.69) is 287 Å². The van der Waals surface area contributed by atoms with Crippen LogP contribution in [0.4, 0.5) is 34.1 Å². The van der Waals surface area contributed by atoms with E-state index in [-0.39, 0.29) is 20.1 Å². The predicted molar refractivity (Wildman–Crippen MR) is 361 cm³/mol. The molecule has 0 spiro atoms. The number of aromatic nitrogens is 1. The average Bonchev–Trinajstić information content (AvgIpc) is 0.745. The number of hydrogen-bond donors (Lipinski definition) is 0. The highest BCUT2D eigenvalue weighted by Crippen LogP contribution is 2.51. The fraction of sp³-hybridized carbons (Fsp3) is 0. The molecule has 20 rings (SSSR count). The van der Waals surface area contributed by atoms with E-state index in [0.717, 1.165) is 157 Å². The van der Waals surface area contributed by atoms with Gasteiger partial charge in [0.25, 0.3) is 20.1 Å². The Hall–Kier alpha value is -11.3. The molecule has 0 unspecified atom stereocenters. The van der Waals surface area contributed by atoms with E-state index in [1.54, 1.807) is 0 Å². The first-order valence-corrected chi connectivity index (χ1v) is 30.2. The molecule has 6 aliphatic heterocycles. The lowest BCUT2D eigenvalue weighted by Crippen LogP contribution is -2.66. The maximum Gasteiger partial charge on any atom is 0.260 e. The highest BCUT2D eigenvalue weighted by atomic mass is 16.5. The Labute approximate surface area is 508 Å². The van der Waals surface area contributed by atoms with Crippen LogP contribution < -0.4 is 77.9 Å². The second kappa shape index (κ2) is 18.1. The normalized spacial score (nSPS) is 13.7. The van der Waals surface area contributed by atoms with Crippen molar-refractivity contribution in [3.05, 3.63) is 279 Å². The maximum absolute atomic E-state index is 7.63. The van der Waals surface area contributed by atoms with Gasteiger partial charge >= 0.3 is 0 Å². The molecule has 88 heavy (non-hydrogen) atoms. The summed E-state index contributed by atoms with van der Waals surface area (Å²) in [6, 6.07) is 101. The van der Waals surface area contributed by atoms with E-state index >= 15 is 0 Å². The molecule has 6 aliphatic rings. The largest absolute Gasteiger partial charge is 0.459 e. The van der Waals surface area contributed by atoms with Gasteiger partial charge in [0.1, 0.15) is 46.0 Å². The number of para-hydroxylation sites is 5. The van der Waals surface area contributed by atoms with Crippen LogP contribution in [0.1, 0.15) is 0 Å². The zero-order valence-electron chi connectivity index (χ0n) is 47.3. The first-order chi connectivity index (χ1) is 43.6. The summed E-state index contributed by atoms with van der Waals surface area (Å²) >= 11 is 0. The van der Waals surface area contributed by atoms with Gasteiger partial charge in [-0.25, -0.2) is 0 Å². The highest BCUT2D eigenvalue weighted by Gasteiger charge is 2.52. The van der Waals surface area contributed by atoms with E-state index in [0.29, 0.717) is 0 Å². The standard InChI is InChI=1S/C78H46B3N3O4/c1-5-20-47(21-6-1)49-36-38-61-54(40-49)55-41-50(48-22-7-2-8-23-48)37-39-62(55)84(61)53-42-64-74-65(43-53)83(52-26-11-4-12-27-52)66-46-73-77-78(88-69-33-18-15-30-58(69)79(77)56-28-13-17-32-68(56)86-73)75(66)81(74)59-44-60-72(45-63(59)82(64)51-24-9-3-10-25-51)87-71-35-19-34-70-76(71)80(60)57-29-14-16-31-67(57)85-70/h1-46H. The van der Waals surface area contributed by atoms with E-state index in [9.17, 15) is 0 Å². The molecule has 0 saturated carbocycles. The number of nitrogens with zero attached hydrogens (tertiary/aromatic N) is 3. The third kappa shape index (κ3) is 6.71. The van der Waals surface area contributed by atoms with Gasteiger partial charge in [0.05, 0.1) is 16.7 Å². The third-order valence-electron chi connectivity index (χ3n) is 19.2. The summed E-state index contributed by atoms with van der Waals surface area (Å²) in [6.07, 6.45) is 0. The number of benzene rings is 13. The molecule has 7 heterocycles. The van der Waals surface area contributed by atoms with E-state index < -0.39 is 0 Å². The minimum Gasteiger partial charge on any atom is -0.459 e. The van der Waals surface area contributed by atoms with Gasteiger partial charge in [-0.15, -0.1) is 0 Å². The first-order valence-electron chi connectivity index (χ1n) is 30.2. The number of rotatable bonds is 5. The number of ether oxygens (including phenoxy) is 4. The van der Waals surface area contributed by atoms with Gasteiger partial charge in [-0.3, -0.25) is 0 Å². The monoisotopic (exact) mass is 1120 g/mol.